The van der Waals surface area contributed by atoms with Crippen molar-refractivity contribution in [2.24, 2.45) is 5.92 Å². The highest BCUT2D eigenvalue weighted by Gasteiger charge is 2.14. The van der Waals surface area contributed by atoms with Gasteiger partial charge in [-0.25, -0.2) is 4.79 Å². The molecular weight excluding hydrogens is 234 g/mol. The quantitative estimate of drug-likeness (QED) is 0.643. The number of hydrogen-bond donors (Lipinski definition) is 4. The number of hydrogen-bond acceptors (Lipinski definition) is 3. The van der Waals surface area contributed by atoms with Crippen molar-refractivity contribution in [3.05, 3.63) is 28.7 Å². The number of aromatic amines is 2. The zero-order valence-corrected chi connectivity index (χ0v) is 9.99. The maximum absolute atomic E-state index is 11.1. The van der Waals surface area contributed by atoms with E-state index >= 15 is 0 Å². The summed E-state index contributed by atoms with van der Waals surface area (Å²) in [6, 6.07) is 5.36. The second-order valence-electron chi connectivity index (χ2n) is 4.16. The van der Waals surface area contributed by atoms with Gasteiger partial charge < -0.3 is 20.4 Å². The van der Waals surface area contributed by atoms with Gasteiger partial charge in [-0.05, 0) is 24.6 Å². The van der Waals surface area contributed by atoms with Crippen molar-refractivity contribution in [2.75, 3.05) is 11.9 Å². The van der Waals surface area contributed by atoms with E-state index in [1.807, 2.05) is 6.92 Å². The average Bonchev–Trinajstić information content (AvgIpc) is 2.68. The van der Waals surface area contributed by atoms with Crippen LogP contribution in [0, 0.1) is 5.92 Å². The first kappa shape index (κ1) is 12.2. The molecule has 0 aliphatic rings. The minimum Gasteiger partial charge on any atom is -0.481 e. The molecule has 6 heteroatoms. The number of carboxylic acids is 1. The molecule has 0 saturated heterocycles. The third-order valence-corrected chi connectivity index (χ3v) is 2.91. The Kier molecular flexibility index (Phi) is 3.36. The molecule has 0 spiro atoms. The summed E-state index contributed by atoms with van der Waals surface area (Å²) in [5, 5.41) is 12.0. The third-order valence-electron chi connectivity index (χ3n) is 2.91. The molecule has 1 atom stereocenters. The first-order valence-corrected chi connectivity index (χ1v) is 5.79. The minimum atomic E-state index is -0.805. The summed E-state index contributed by atoms with van der Waals surface area (Å²) in [6.07, 6.45) is 0.575. The van der Waals surface area contributed by atoms with Crippen LogP contribution in [-0.2, 0) is 4.79 Å². The number of aliphatic carboxylic acids is 1. The topological polar surface area (TPSA) is 98.0 Å². The smallest absolute Gasteiger partial charge is 0.323 e. The van der Waals surface area contributed by atoms with Gasteiger partial charge in [-0.2, -0.15) is 0 Å². The molecule has 0 aliphatic heterocycles. The Balaban J connectivity index is 2.12. The fraction of sp³-hybridized carbons (Fsp3) is 0.333. The predicted octanol–water partition coefficient (Wildman–Crippen LogP) is 1.38. The Morgan fingerprint density at radius 1 is 1.39 bits per heavy atom. The first-order valence-electron chi connectivity index (χ1n) is 5.79. The van der Waals surface area contributed by atoms with E-state index < -0.39 is 11.9 Å². The predicted molar refractivity (Wildman–Crippen MR) is 68.8 cm³/mol. The molecule has 4 N–H and O–H groups in total. The largest absolute Gasteiger partial charge is 0.481 e. The van der Waals surface area contributed by atoms with Gasteiger partial charge in [-0.1, -0.05) is 6.92 Å². The van der Waals surface area contributed by atoms with Gasteiger partial charge in [0.2, 0.25) is 0 Å². The molecule has 0 bridgehead atoms. The van der Waals surface area contributed by atoms with Gasteiger partial charge in [0.05, 0.1) is 17.0 Å². The van der Waals surface area contributed by atoms with Crippen LogP contribution in [0.5, 0.6) is 0 Å². The lowest BCUT2D eigenvalue weighted by atomic mass is 10.1. The van der Waals surface area contributed by atoms with E-state index in [1.54, 1.807) is 18.2 Å². The summed E-state index contributed by atoms with van der Waals surface area (Å²) in [5.74, 6) is -1.22. The van der Waals surface area contributed by atoms with Crippen molar-refractivity contribution in [1.29, 1.82) is 0 Å². The van der Waals surface area contributed by atoms with Crippen LogP contribution in [0.15, 0.2) is 23.0 Å². The number of H-pyrrole nitrogens is 2. The Hall–Kier alpha value is -2.24. The van der Waals surface area contributed by atoms with Crippen LogP contribution in [-0.4, -0.2) is 27.6 Å². The lowest BCUT2D eigenvalue weighted by Crippen LogP contribution is -2.21. The fourth-order valence-corrected chi connectivity index (χ4v) is 1.79. The molecule has 6 nitrogen and oxygen atoms in total. The van der Waals surface area contributed by atoms with Gasteiger partial charge in [0, 0.05) is 12.2 Å². The van der Waals surface area contributed by atoms with Gasteiger partial charge in [-0.3, -0.25) is 4.79 Å². The molecular formula is C12H15N3O3. The number of aromatic nitrogens is 2. The van der Waals surface area contributed by atoms with Crippen molar-refractivity contribution < 1.29 is 9.90 Å². The number of rotatable bonds is 5. The zero-order chi connectivity index (χ0) is 13.1. The van der Waals surface area contributed by atoms with Crippen molar-refractivity contribution in [3.8, 4) is 0 Å². The van der Waals surface area contributed by atoms with Crippen molar-refractivity contribution in [2.45, 2.75) is 13.3 Å². The van der Waals surface area contributed by atoms with E-state index in [4.69, 9.17) is 5.11 Å². The molecule has 1 aromatic heterocycles. The molecule has 96 valence electrons. The molecule has 1 heterocycles. The number of carboxylic acid groups (broad SMARTS) is 1. The molecule has 0 fully saturated rings. The van der Waals surface area contributed by atoms with Crippen molar-refractivity contribution in [1.82, 2.24) is 9.97 Å². The van der Waals surface area contributed by atoms with Crippen LogP contribution >= 0.6 is 0 Å². The highest BCUT2D eigenvalue weighted by atomic mass is 16.4. The van der Waals surface area contributed by atoms with Crippen LogP contribution < -0.4 is 11.0 Å². The molecule has 2 rings (SSSR count). The standard InChI is InChI=1S/C12H15N3O3/c1-2-7(11(16)17)6-13-8-3-4-9-10(5-8)15-12(18)14-9/h3-5,7,13H,2,6H2,1H3,(H,16,17)(H2,14,15,18). The van der Waals surface area contributed by atoms with E-state index in [-0.39, 0.29) is 5.69 Å². The first-order chi connectivity index (χ1) is 8.60. The highest BCUT2D eigenvalue weighted by Crippen LogP contribution is 2.15. The summed E-state index contributed by atoms with van der Waals surface area (Å²) in [6.45, 7) is 2.21. The lowest BCUT2D eigenvalue weighted by molar-refractivity contribution is -0.141. The molecule has 1 unspecified atom stereocenters. The summed E-state index contributed by atoms with van der Waals surface area (Å²) in [5.41, 5.74) is 1.97. The Morgan fingerprint density at radius 3 is 2.78 bits per heavy atom. The van der Waals surface area contributed by atoms with Crippen molar-refractivity contribution in [3.63, 3.8) is 0 Å². The summed E-state index contributed by atoms with van der Waals surface area (Å²) < 4.78 is 0. The number of imidazole rings is 1. The van der Waals surface area contributed by atoms with E-state index in [0.717, 1.165) is 11.2 Å². The second kappa shape index (κ2) is 4.95. The van der Waals surface area contributed by atoms with Crippen LogP contribution in [0.25, 0.3) is 11.0 Å². The van der Waals surface area contributed by atoms with E-state index in [0.29, 0.717) is 18.5 Å². The van der Waals surface area contributed by atoms with Crippen LogP contribution in [0.3, 0.4) is 0 Å². The third kappa shape index (κ3) is 2.53. The molecule has 0 radical (unpaired) electrons. The van der Waals surface area contributed by atoms with Crippen LogP contribution in [0.2, 0.25) is 0 Å². The number of carbonyl (C=O) groups is 1. The summed E-state index contributed by atoms with van der Waals surface area (Å²) in [4.78, 5) is 27.3. The molecule has 0 saturated carbocycles. The Labute approximate surface area is 103 Å². The van der Waals surface area contributed by atoms with Gasteiger partial charge in [0.1, 0.15) is 0 Å². The zero-order valence-electron chi connectivity index (χ0n) is 9.99. The maximum atomic E-state index is 11.1. The molecule has 0 amide bonds. The van der Waals surface area contributed by atoms with Crippen LogP contribution in [0.1, 0.15) is 13.3 Å². The van der Waals surface area contributed by atoms with E-state index in [2.05, 4.69) is 15.3 Å². The molecule has 0 aliphatic carbocycles. The molecule has 18 heavy (non-hydrogen) atoms. The highest BCUT2D eigenvalue weighted by molar-refractivity contribution is 5.79. The maximum Gasteiger partial charge on any atom is 0.323 e. The Bertz CT molecular complexity index is 614. The normalized spacial score (nSPS) is 12.5. The molecule has 2 aromatic rings. The number of nitrogens with one attached hydrogen (secondary N) is 3. The van der Waals surface area contributed by atoms with Gasteiger partial charge in [0.25, 0.3) is 0 Å². The minimum absolute atomic E-state index is 0.251. The number of fused-ring (bicyclic) bond motifs is 1. The Morgan fingerprint density at radius 2 is 2.11 bits per heavy atom. The fourth-order valence-electron chi connectivity index (χ4n) is 1.79. The summed E-state index contributed by atoms with van der Waals surface area (Å²) in [7, 11) is 0. The molecule has 1 aromatic carbocycles. The summed E-state index contributed by atoms with van der Waals surface area (Å²) >= 11 is 0. The monoisotopic (exact) mass is 249 g/mol. The second-order valence-corrected chi connectivity index (χ2v) is 4.16. The number of benzene rings is 1. The van der Waals surface area contributed by atoms with Gasteiger partial charge in [-0.15, -0.1) is 0 Å². The van der Waals surface area contributed by atoms with E-state index in [1.165, 1.54) is 0 Å². The van der Waals surface area contributed by atoms with Gasteiger partial charge >= 0.3 is 11.7 Å². The van der Waals surface area contributed by atoms with Crippen LogP contribution in [0.4, 0.5) is 5.69 Å². The van der Waals surface area contributed by atoms with Crippen molar-refractivity contribution >= 4 is 22.7 Å². The number of anilines is 1. The SMILES string of the molecule is CCC(CNc1ccc2[nH]c(=O)[nH]c2c1)C(=O)O. The lowest BCUT2D eigenvalue weighted by Gasteiger charge is -2.12. The van der Waals surface area contributed by atoms with Gasteiger partial charge in [0.15, 0.2) is 0 Å². The average molecular weight is 249 g/mol. The van der Waals surface area contributed by atoms with E-state index in [9.17, 15) is 9.59 Å².